The zero-order valence-electron chi connectivity index (χ0n) is 12.2. The van der Waals surface area contributed by atoms with E-state index in [0.29, 0.717) is 26.2 Å². The zero-order valence-corrected chi connectivity index (χ0v) is 13.0. The van der Waals surface area contributed by atoms with Crippen molar-refractivity contribution in [2.45, 2.75) is 26.4 Å². The number of nitrogens with zero attached hydrogens (tertiary/aromatic N) is 4. The smallest absolute Gasteiger partial charge is 0.410 e. The van der Waals surface area contributed by atoms with Crippen LogP contribution in [-0.2, 0) is 4.74 Å². The van der Waals surface area contributed by atoms with Gasteiger partial charge in [-0.2, -0.15) is 9.97 Å². The maximum absolute atomic E-state index is 11.9. The molecule has 8 nitrogen and oxygen atoms in total. The fraction of sp³-hybridized carbons (Fsp3) is 0.667. The number of piperazine rings is 1. The molecule has 0 bridgehead atoms. The van der Waals surface area contributed by atoms with Gasteiger partial charge in [-0.05, 0) is 32.4 Å². The number of anilines is 1. The Bertz CT molecular complexity index is 575. The maximum Gasteiger partial charge on any atom is 0.410 e. The van der Waals surface area contributed by atoms with Crippen molar-refractivity contribution >= 4 is 23.6 Å². The Balaban J connectivity index is 1.97. The van der Waals surface area contributed by atoms with E-state index < -0.39 is 11.3 Å². The lowest BCUT2D eigenvalue weighted by atomic mass is 10.2. The van der Waals surface area contributed by atoms with E-state index in [-0.39, 0.29) is 17.3 Å². The molecule has 0 aliphatic carbocycles. The third kappa shape index (κ3) is 4.32. The second-order valence-electron chi connectivity index (χ2n) is 5.70. The molecule has 1 saturated heterocycles. The monoisotopic (exact) mass is 315 g/mol. The van der Waals surface area contributed by atoms with Gasteiger partial charge in [0.15, 0.2) is 0 Å². The summed E-state index contributed by atoms with van der Waals surface area (Å²) >= 11 is 5.70. The van der Waals surface area contributed by atoms with Gasteiger partial charge in [0, 0.05) is 26.2 Å². The Morgan fingerprint density at radius 1 is 1.24 bits per heavy atom. The molecule has 116 valence electrons. The SMILES string of the molecule is CC(C)(C)OC(=O)N1CCN(c2nc(Cl)[nH]c(=O)n2)CC1. The van der Waals surface area contributed by atoms with E-state index >= 15 is 0 Å². The number of aromatic nitrogens is 3. The highest BCUT2D eigenvalue weighted by atomic mass is 35.5. The summed E-state index contributed by atoms with van der Waals surface area (Å²) < 4.78 is 5.32. The number of halogens is 1. The molecule has 1 aliphatic heterocycles. The third-order valence-corrected chi connectivity index (χ3v) is 3.00. The van der Waals surface area contributed by atoms with Crippen molar-refractivity contribution in [3.05, 3.63) is 15.8 Å². The van der Waals surface area contributed by atoms with E-state index in [4.69, 9.17) is 16.3 Å². The van der Waals surface area contributed by atoms with Crippen LogP contribution in [0.4, 0.5) is 10.7 Å². The van der Waals surface area contributed by atoms with Gasteiger partial charge in [-0.3, -0.25) is 4.98 Å². The number of nitrogens with one attached hydrogen (secondary N) is 1. The van der Waals surface area contributed by atoms with Crippen LogP contribution in [0.3, 0.4) is 0 Å². The standard InChI is InChI=1S/C12H18ClN5O3/c1-12(2,3)21-11(20)18-6-4-17(5-7-18)9-14-8(13)15-10(19)16-9/h4-7H2,1-3H3,(H,14,15,16,19). The van der Waals surface area contributed by atoms with E-state index in [9.17, 15) is 9.59 Å². The van der Waals surface area contributed by atoms with Crippen LogP contribution in [0.5, 0.6) is 0 Å². The number of hydrogen-bond donors (Lipinski definition) is 1. The highest BCUT2D eigenvalue weighted by Gasteiger charge is 2.26. The van der Waals surface area contributed by atoms with Gasteiger partial charge >= 0.3 is 11.8 Å². The topological polar surface area (TPSA) is 91.4 Å². The normalized spacial score (nSPS) is 16.0. The zero-order chi connectivity index (χ0) is 15.6. The van der Waals surface area contributed by atoms with Crippen molar-refractivity contribution < 1.29 is 9.53 Å². The fourth-order valence-electron chi connectivity index (χ4n) is 1.90. The van der Waals surface area contributed by atoms with Crippen LogP contribution in [0.25, 0.3) is 0 Å². The number of carbonyl (C=O) groups is 1. The first-order valence-corrected chi connectivity index (χ1v) is 6.99. The molecular weight excluding hydrogens is 298 g/mol. The minimum atomic E-state index is -0.542. The lowest BCUT2D eigenvalue weighted by Gasteiger charge is -2.35. The van der Waals surface area contributed by atoms with Gasteiger partial charge in [0.25, 0.3) is 0 Å². The van der Waals surface area contributed by atoms with E-state index in [2.05, 4.69) is 15.0 Å². The van der Waals surface area contributed by atoms with Crippen molar-refractivity contribution in [3.63, 3.8) is 0 Å². The third-order valence-electron chi connectivity index (χ3n) is 2.82. The van der Waals surface area contributed by atoms with Crippen molar-refractivity contribution in [1.82, 2.24) is 19.9 Å². The lowest BCUT2D eigenvalue weighted by molar-refractivity contribution is 0.0240. The summed E-state index contributed by atoms with van der Waals surface area (Å²) in [5.74, 6) is 0.271. The van der Waals surface area contributed by atoms with E-state index in [1.54, 1.807) is 4.90 Å². The summed E-state index contributed by atoms with van der Waals surface area (Å²) in [6, 6.07) is 0. The Kier molecular flexibility index (Phi) is 4.36. The molecule has 0 unspecified atom stereocenters. The van der Waals surface area contributed by atoms with E-state index in [0.717, 1.165) is 0 Å². The molecule has 2 rings (SSSR count). The fourth-order valence-corrected chi connectivity index (χ4v) is 2.06. The number of aromatic amines is 1. The van der Waals surface area contributed by atoms with Crippen LogP contribution in [0.15, 0.2) is 4.79 Å². The molecule has 0 radical (unpaired) electrons. The molecule has 9 heteroatoms. The molecule has 21 heavy (non-hydrogen) atoms. The van der Waals surface area contributed by atoms with Gasteiger partial charge in [-0.15, -0.1) is 0 Å². The van der Waals surface area contributed by atoms with Gasteiger partial charge in [-0.25, -0.2) is 9.59 Å². The second kappa shape index (κ2) is 5.88. The Morgan fingerprint density at radius 2 is 1.86 bits per heavy atom. The average molecular weight is 316 g/mol. The first-order chi connectivity index (χ1) is 9.74. The largest absolute Gasteiger partial charge is 0.444 e. The van der Waals surface area contributed by atoms with Crippen LogP contribution >= 0.6 is 11.6 Å². The number of rotatable bonds is 1. The Hall–Kier alpha value is -1.83. The number of H-pyrrole nitrogens is 1. The molecule has 1 aromatic heterocycles. The highest BCUT2D eigenvalue weighted by molar-refractivity contribution is 6.28. The first-order valence-electron chi connectivity index (χ1n) is 6.61. The molecule has 0 spiro atoms. The summed E-state index contributed by atoms with van der Waals surface area (Å²) in [5.41, 5.74) is -1.06. The van der Waals surface area contributed by atoms with Crippen molar-refractivity contribution in [2.75, 3.05) is 31.1 Å². The molecule has 2 heterocycles. The quantitative estimate of drug-likeness (QED) is 0.827. The molecular formula is C12H18ClN5O3. The van der Waals surface area contributed by atoms with Gasteiger partial charge in [0.2, 0.25) is 11.2 Å². The first kappa shape index (κ1) is 15.6. The van der Waals surface area contributed by atoms with Crippen LogP contribution < -0.4 is 10.6 Å². The average Bonchev–Trinajstić information content (AvgIpc) is 2.35. The van der Waals surface area contributed by atoms with E-state index in [1.807, 2.05) is 25.7 Å². The van der Waals surface area contributed by atoms with Gasteiger partial charge in [-0.1, -0.05) is 0 Å². The summed E-state index contributed by atoms with van der Waals surface area (Å²) in [4.78, 5) is 36.7. The summed E-state index contributed by atoms with van der Waals surface area (Å²) in [6.07, 6.45) is -0.341. The number of hydrogen-bond acceptors (Lipinski definition) is 6. The van der Waals surface area contributed by atoms with Crippen molar-refractivity contribution in [2.24, 2.45) is 0 Å². The van der Waals surface area contributed by atoms with Crippen LogP contribution in [-0.4, -0.2) is 57.7 Å². The van der Waals surface area contributed by atoms with Crippen LogP contribution in [0, 0.1) is 0 Å². The van der Waals surface area contributed by atoms with Gasteiger partial charge in [0.1, 0.15) is 5.60 Å². The lowest BCUT2D eigenvalue weighted by Crippen LogP contribution is -2.50. The van der Waals surface area contributed by atoms with Crippen LogP contribution in [0.1, 0.15) is 20.8 Å². The maximum atomic E-state index is 11.9. The van der Waals surface area contributed by atoms with E-state index in [1.165, 1.54) is 0 Å². The molecule has 0 atom stereocenters. The predicted octanol–water partition coefficient (Wildman–Crippen LogP) is 0.875. The van der Waals surface area contributed by atoms with Crippen molar-refractivity contribution in [3.8, 4) is 0 Å². The second-order valence-corrected chi connectivity index (χ2v) is 6.06. The number of ether oxygens (including phenoxy) is 1. The molecule has 1 amide bonds. The summed E-state index contributed by atoms with van der Waals surface area (Å²) in [6.45, 7) is 7.46. The highest BCUT2D eigenvalue weighted by Crippen LogP contribution is 2.14. The van der Waals surface area contributed by atoms with Crippen molar-refractivity contribution in [1.29, 1.82) is 0 Å². The molecule has 0 aromatic carbocycles. The number of carbonyl (C=O) groups excluding carboxylic acids is 1. The minimum Gasteiger partial charge on any atom is -0.444 e. The molecule has 1 aliphatic rings. The summed E-state index contributed by atoms with van der Waals surface area (Å²) in [5, 5.41) is -0.000396. The molecule has 1 aromatic rings. The molecule has 0 saturated carbocycles. The number of amides is 1. The molecule has 1 N–H and O–H groups in total. The Morgan fingerprint density at radius 3 is 2.38 bits per heavy atom. The summed E-state index contributed by atoms with van der Waals surface area (Å²) in [7, 11) is 0. The van der Waals surface area contributed by atoms with Gasteiger partial charge < -0.3 is 14.5 Å². The van der Waals surface area contributed by atoms with Gasteiger partial charge in [0.05, 0.1) is 0 Å². The predicted molar refractivity (Wildman–Crippen MR) is 77.7 cm³/mol. The van der Waals surface area contributed by atoms with Crippen LogP contribution in [0.2, 0.25) is 5.28 Å². The minimum absolute atomic E-state index is 0.000396. The Labute approximate surface area is 127 Å². The molecule has 1 fully saturated rings.